The fraction of sp³-hybridized carbons (Fsp3) is 0. The van der Waals surface area contributed by atoms with Crippen LogP contribution >= 0.6 is 0 Å². The molecule has 0 spiro atoms. The number of para-hydroxylation sites is 1. The Morgan fingerprint density at radius 3 is 2.00 bits per heavy atom. The third-order valence-electron chi connectivity index (χ3n) is 2.00. The summed E-state index contributed by atoms with van der Waals surface area (Å²) >= 11 is 0. The van der Waals surface area contributed by atoms with Crippen LogP contribution in [-0.4, -0.2) is 10.2 Å². The van der Waals surface area contributed by atoms with Crippen LogP contribution < -0.4 is 0 Å². The first-order chi connectivity index (χ1) is 8.67. The van der Waals surface area contributed by atoms with Gasteiger partial charge in [-0.25, -0.2) is 0 Å². The molecule has 88 valence electrons. The Balaban J connectivity index is 0.000000180. The van der Waals surface area contributed by atoms with Crippen LogP contribution in [0.4, 0.5) is 0 Å². The quantitative estimate of drug-likeness (QED) is 0.738. The smallest absolute Gasteiger partial charge is 0.133 e. The van der Waals surface area contributed by atoms with Crippen LogP contribution in [0.5, 0.6) is 11.5 Å². The molecule has 0 aromatic heterocycles. The topological polar surface area (TPSA) is 88.0 Å². The van der Waals surface area contributed by atoms with Gasteiger partial charge in [0, 0.05) is 0 Å². The molecule has 0 amide bonds. The molecular weight excluding hydrogens is 228 g/mol. The second-order valence-electron chi connectivity index (χ2n) is 3.29. The van der Waals surface area contributed by atoms with E-state index in [-0.39, 0.29) is 11.5 Å². The molecule has 2 aromatic rings. The third-order valence-corrected chi connectivity index (χ3v) is 2.00. The lowest BCUT2D eigenvalue weighted by Gasteiger charge is -1.89. The summed E-state index contributed by atoms with van der Waals surface area (Å²) in [7, 11) is 0. The predicted octanol–water partition coefficient (Wildman–Crippen LogP) is 2.53. The van der Waals surface area contributed by atoms with Crippen molar-refractivity contribution in [3.05, 3.63) is 59.7 Å². The van der Waals surface area contributed by atoms with Crippen molar-refractivity contribution in [2.24, 2.45) is 0 Å². The van der Waals surface area contributed by atoms with Crippen molar-refractivity contribution in [3.63, 3.8) is 0 Å². The fourth-order valence-electron chi connectivity index (χ4n) is 1.14. The number of benzene rings is 2. The first-order valence-electron chi connectivity index (χ1n) is 5.04. The van der Waals surface area contributed by atoms with Gasteiger partial charge in [-0.2, -0.15) is 10.5 Å². The highest BCUT2D eigenvalue weighted by Crippen LogP contribution is 2.12. The number of hydrogen-bond donors (Lipinski definition) is 2. The summed E-state index contributed by atoms with van der Waals surface area (Å²) in [4.78, 5) is 0. The van der Waals surface area contributed by atoms with Crippen LogP contribution in [0.1, 0.15) is 11.1 Å². The number of nitrogens with zero attached hydrogens (tertiary/aromatic N) is 2. The molecule has 2 aromatic carbocycles. The normalized spacial score (nSPS) is 8.33. The Bertz CT molecular complexity index is 610. The minimum atomic E-state index is 0.0417. The fourth-order valence-corrected chi connectivity index (χ4v) is 1.14. The number of nitriles is 2. The maximum absolute atomic E-state index is 8.89. The van der Waals surface area contributed by atoms with Crippen LogP contribution in [0, 0.1) is 22.7 Å². The van der Waals surface area contributed by atoms with E-state index < -0.39 is 0 Å². The SMILES string of the molecule is N#Cc1cccc(O)c1.N#Cc1ccccc1O. The van der Waals surface area contributed by atoms with Crippen LogP contribution in [-0.2, 0) is 0 Å². The first-order valence-corrected chi connectivity index (χ1v) is 5.04. The standard InChI is InChI=1S/2C7H5NO/c8-5-6-2-1-3-7(9)4-6;8-5-6-3-1-2-4-7(6)9/h2*1-4,9H. The molecule has 0 aliphatic carbocycles. The summed E-state index contributed by atoms with van der Waals surface area (Å²) in [6.45, 7) is 0. The monoisotopic (exact) mass is 238 g/mol. The van der Waals surface area contributed by atoms with Gasteiger partial charge in [-0.3, -0.25) is 0 Å². The number of hydrogen-bond acceptors (Lipinski definition) is 4. The zero-order valence-corrected chi connectivity index (χ0v) is 9.41. The summed E-state index contributed by atoms with van der Waals surface area (Å²) < 4.78 is 0. The van der Waals surface area contributed by atoms with Gasteiger partial charge in [0.25, 0.3) is 0 Å². The average molecular weight is 238 g/mol. The minimum absolute atomic E-state index is 0.0417. The molecule has 0 bridgehead atoms. The van der Waals surface area contributed by atoms with E-state index in [9.17, 15) is 0 Å². The molecule has 0 aliphatic heterocycles. The molecule has 0 unspecified atom stereocenters. The molecular formula is C14H10N2O2. The number of rotatable bonds is 0. The van der Waals surface area contributed by atoms with Gasteiger partial charge in [-0.05, 0) is 30.3 Å². The summed E-state index contributed by atoms with van der Waals surface area (Å²) in [6, 6.07) is 16.4. The van der Waals surface area contributed by atoms with Crippen LogP contribution in [0.15, 0.2) is 48.5 Å². The Hall–Kier alpha value is -2.98. The van der Waals surface area contributed by atoms with Gasteiger partial charge in [0.05, 0.1) is 17.2 Å². The lowest BCUT2D eigenvalue weighted by atomic mass is 10.2. The highest BCUT2D eigenvalue weighted by atomic mass is 16.3. The van der Waals surface area contributed by atoms with Gasteiger partial charge in [-0.1, -0.05) is 18.2 Å². The van der Waals surface area contributed by atoms with Crippen LogP contribution in [0.25, 0.3) is 0 Å². The van der Waals surface area contributed by atoms with Gasteiger partial charge in [0.2, 0.25) is 0 Å². The van der Waals surface area contributed by atoms with E-state index in [0.717, 1.165) is 0 Å². The van der Waals surface area contributed by atoms with E-state index >= 15 is 0 Å². The maximum Gasteiger partial charge on any atom is 0.133 e. The van der Waals surface area contributed by atoms with Gasteiger partial charge < -0.3 is 10.2 Å². The first kappa shape index (κ1) is 13.1. The van der Waals surface area contributed by atoms with Gasteiger partial charge in [-0.15, -0.1) is 0 Å². The molecule has 2 rings (SSSR count). The van der Waals surface area contributed by atoms with Gasteiger partial charge in [0.1, 0.15) is 17.6 Å². The Labute approximate surface area is 105 Å². The van der Waals surface area contributed by atoms with E-state index in [1.165, 1.54) is 18.2 Å². The minimum Gasteiger partial charge on any atom is -0.508 e. The van der Waals surface area contributed by atoms with E-state index in [2.05, 4.69) is 0 Å². The van der Waals surface area contributed by atoms with E-state index in [4.69, 9.17) is 20.7 Å². The van der Waals surface area contributed by atoms with E-state index in [0.29, 0.717) is 11.1 Å². The van der Waals surface area contributed by atoms with E-state index in [1.807, 2.05) is 12.1 Å². The third kappa shape index (κ3) is 3.88. The highest BCUT2D eigenvalue weighted by molar-refractivity contribution is 5.41. The number of phenolic OH excluding ortho intramolecular Hbond substituents is 2. The summed E-state index contributed by atoms with van der Waals surface area (Å²) in [5.74, 6) is 0.175. The highest BCUT2D eigenvalue weighted by Gasteiger charge is 1.93. The lowest BCUT2D eigenvalue weighted by molar-refractivity contribution is 0.473. The summed E-state index contributed by atoms with van der Waals surface area (Å²) in [6.07, 6.45) is 0. The van der Waals surface area contributed by atoms with Gasteiger partial charge in [0.15, 0.2) is 0 Å². The second-order valence-corrected chi connectivity index (χ2v) is 3.29. The van der Waals surface area contributed by atoms with Crippen molar-refractivity contribution in [3.8, 4) is 23.6 Å². The van der Waals surface area contributed by atoms with Gasteiger partial charge >= 0.3 is 0 Å². The van der Waals surface area contributed by atoms with Crippen LogP contribution in [0.2, 0.25) is 0 Å². The molecule has 0 saturated heterocycles. The molecule has 4 nitrogen and oxygen atoms in total. The van der Waals surface area contributed by atoms with Crippen molar-refractivity contribution in [1.82, 2.24) is 0 Å². The molecule has 2 N–H and O–H groups in total. The molecule has 18 heavy (non-hydrogen) atoms. The zero-order chi connectivity index (χ0) is 13.4. The lowest BCUT2D eigenvalue weighted by Crippen LogP contribution is -1.71. The Kier molecular flexibility index (Phi) is 4.78. The number of phenols is 2. The zero-order valence-electron chi connectivity index (χ0n) is 9.41. The summed E-state index contributed by atoms with van der Waals surface area (Å²) in [5.41, 5.74) is 0.799. The van der Waals surface area contributed by atoms with Crippen molar-refractivity contribution in [2.75, 3.05) is 0 Å². The summed E-state index contributed by atoms with van der Waals surface area (Å²) in [5, 5.41) is 34.3. The molecule has 0 heterocycles. The average Bonchev–Trinajstić information content (AvgIpc) is 2.40. The largest absolute Gasteiger partial charge is 0.508 e. The Morgan fingerprint density at radius 1 is 0.833 bits per heavy atom. The molecule has 0 radical (unpaired) electrons. The van der Waals surface area contributed by atoms with Crippen molar-refractivity contribution >= 4 is 0 Å². The molecule has 4 heteroatoms. The predicted molar refractivity (Wildman–Crippen MR) is 65.6 cm³/mol. The van der Waals surface area contributed by atoms with Crippen molar-refractivity contribution < 1.29 is 10.2 Å². The van der Waals surface area contributed by atoms with E-state index in [1.54, 1.807) is 30.3 Å². The van der Waals surface area contributed by atoms with Crippen molar-refractivity contribution in [2.45, 2.75) is 0 Å². The molecule has 0 aliphatic rings. The maximum atomic E-state index is 8.89. The van der Waals surface area contributed by atoms with Crippen molar-refractivity contribution in [1.29, 1.82) is 10.5 Å². The molecule has 0 saturated carbocycles. The number of aromatic hydroxyl groups is 2. The second kappa shape index (κ2) is 6.57. The molecule has 0 atom stereocenters. The van der Waals surface area contributed by atoms with Crippen LogP contribution in [0.3, 0.4) is 0 Å². The Morgan fingerprint density at radius 2 is 1.56 bits per heavy atom. The molecule has 0 fully saturated rings.